The van der Waals surface area contributed by atoms with Gasteiger partial charge in [0.05, 0.1) is 12.2 Å². The highest BCUT2D eigenvalue weighted by Crippen LogP contribution is 2.29. The van der Waals surface area contributed by atoms with Crippen LogP contribution in [0.1, 0.15) is 36.8 Å². The molecule has 0 N–H and O–H groups in total. The Morgan fingerprint density at radius 3 is 2.44 bits per heavy atom. The van der Waals surface area contributed by atoms with Crippen molar-refractivity contribution in [3.8, 4) is 5.75 Å². The predicted octanol–water partition coefficient (Wildman–Crippen LogP) is 3.84. The molecular weight excluding hydrogens is 340 g/mol. The molecule has 27 heavy (non-hydrogen) atoms. The standard InChI is InChI=1S/C22H30N2O3/c1-22(2,3)20(16-17-10-8-9-13-23-17)24(4)21(25)18-11-6-7-12-19(18)27-15-14-26-5/h6-13,20H,14-16H2,1-5H3. The van der Waals surface area contributed by atoms with Gasteiger partial charge in [-0.25, -0.2) is 0 Å². The number of ether oxygens (including phenoxy) is 2. The molecule has 0 bridgehead atoms. The molecular formula is C22H30N2O3. The SMILES string of the molecule is COCCOc1ccccc1C(=O)N(C)C(Cc1ccccn1)C(C)(C)C. The zero-order valence-corrected chi connectivity index (χ0v) is 16.9. The van der Waals surface area contributed by atoms with Gasteiger partial charge >= 0.3 is 0 Å². The Bertz CT molecular complexity index is 726. The minimum Gasteiger partial charge on any atom is -0.490 e. The van der Waals surface area contributed by atoms with E-state index in [2.05, 4.69) is 25.8 Å². The van der Waals surface area contributed by atoms with E-state index in [-0.39, 0.29) is 17.4 Å². The summed E-state index contributed by atoms with van der Waals surface area (Å²) in [7, 11) is 3.48. The van der Waals surface area contributed by atoms with Gasteiger partial charge < -0.3 is 14.4 Å². The fourth-order valence-electron chi connectivity index (χ4n) is 3.08. The van der Waals surface area contributed by atoms with Gasteiger partial charge in [-0.2, -0.15) is 0 Å². The van der Waals surface area contributed by atoms with Crippen molar-refractivity contribution in [2.24, 2.45) is 5.41 Å². The van der Waals surface area contributed by atoms with Crippen LogP contribution in [0.15, 0.2) is 48.7 Å². The summed E-state index contributed by atoms with van der Waals surface area (Å²) in [5.41, 5.74) is 1.43. The molecule has 0 spiro atoms. The molecule has 1 heterocycles. The smallest absolute Gasteiger partial charge is 0.257 e. The lowest BCUT2D eigenvalue weighted by atomic mass is 9.82. The van der Waals surface area contributed by atoms with Gasteiger partial charge in [-0.15, -0.1) is 0 Å². The molecule has 0 aliphatic carbocycles. The van der Waals surface area contributed by atoms with Crippen LogP contribution in [0, 0.1) is 5.41 Å². The monoisotopic (exact) mass is 370 g/mol. The Hall–Kier alpha value is -2.40. The third kappa shape index (κ3) is 5.79. The van der Waals surface area contributed by atoms with E-state index in [1.54, 1.807) is 13.3 Å². The molecule has 1 unspecified atom stereocenters. The van der Waals surface area contributed by atoms with Crippen molar-refractivity contribution in [2.75, 3.05) is 27.4 Å². The second-order valence-electron chi connectivity index (χ2n) is 7.66. The molecule has 0 aliphatic rings. The summed E-state index contributed by atoms with van der Waals surface area (Å²) in [5.74, 6) is 0.524. The molecule has 2 aromatic rings. The van der Waals surface area contributed by atoms with E-state index in [4.69, 9.17) is 9.47 Å². The highest BCUT2D eigenvalue weighted by atomic mass is 16.5. The minimum atomic E-state index is -0.103. The molecule has 5 nitrogen and oxygen atoms in total. The maximum Gasteiger partial charge on any atom is 0.257 e. The number of para-hydroxylation sites is 1. The maximum atomic E-state index is 13.3. The number of hydrogen-bond donors (Lipinski definition) is 0. The summed E-state index contributed by atoms with van der Waals surface area (Å²) in [4.78, 5) is 19.5. The molecule has 5 heteroatoms. The summed E-state index contributed by atoms with van der Waals surface area (Å²) in [6, 6.07) is 13.2. The molecule has 146 valence electrons. The number of carbonyl (C=O) groups is 1. The fourth-order valence-corrected chi connectivity index (χ4v) is 3.08. The molecule has 1 aromatic carbocycles. The van der Waals surface area contributed by atoms with Crippen LogP contribution in [-0.4, -0.2) is 49.2 Å². The lowest BCUT2D eigenvalue weighted by Gasteiger charge is -2.38. The van der Waals surface area contributed by atoms with E-state index in [1.165, 1.54) is 0 Å². The van der Waals surface area contributed by atoms with Gasteiger partial charge in [0.25, 0.3) is 5.91 Å². The van der Waals surface area contributed by atoms with Crippen LogP contribution >= 0.6 is 0 Å². The third-order valence-corrected chi connectivity index (χ3v) is 4.58. The topological polar surface area (TPSA) is 51.7 Å². The molecule has 0 radical (unpaired) electrons. The van der Waals surface area contributed by atoms with E-state index >= 15 is 0 Å². The van der Waals surface area contributed by atoms with Gasteiger partial charge in [-0.05, 0) is 29.7 Å². The first-order valence-corrected chi connectivity index (χ1v) is 9.22. The predicted molar refractivity (Wildman–Crippen MR) is 107 cm³/mol. The fraction of sp³-hybridized carbons (Fsp3) is 0.455. The van der Waals surface area contributed by atoms with Crippen molar-refractivity contribution in [3.63, 3.8) is 0 Å². The van der Waals surface area contributed by atoms with Gasteiger partial charge in [0.15, 0.2) is 0 Å². The van der Waals surface area contributed by atoms with Crippen LogP contribution in [0.4, 0.5) is 0 Å². The number of amides is 1. The maximum absolute atomic E-state index is 13.3. The third-order valence-electron chi connectivity index (χ3n) is 4.58. The number of hydrogen-bond acceptors (Lipinski definition) is 4. The summed E-state index contributed by atoms with van der Waals surface area (Å²) in [5, 5.41) is 0. The Morgan fingerprint density at radius 1 is 1.11 bits per heavy atom. The normalized spacial score (nSPS) is 12.5. The van der Waals surface area contributed by atoms with Crippen molar-refractivity contribution in [2.45, 2.75) is 33.2 Å². The van der Waals surface area contributed by atoms with E-state index in [0.29, 0.717) is 30.9 Å². The number of rotatable bonds is 8. The molecule has 1 atom stereocenters. The molecule has 0 saturated heterocycles. The van der Waals surface area contributed by atoms with Crippen molar-refractivity contribution in [1.29, 1.82) is 0 Å². The largest absolute Gasteiger partial charge is 0.490 e. The second kappa shape index (κ2) is 9.51. The van der Waals surface area contributed by atoms with Crippen molar-refractivity contribution < 1.29 is 14.3 Å². The van der Waals surface area contributed by atoms with Gasteiger partial charge in [-0.3, -0.25) is 9.78 Å². The van der Waals surface area contributed by atoms with E-state index in [0.717, 1.165) is 5.69 Å². The molecule has 1 amide bonds. The second-order valence-corrected chi connectivity index (χ2v) is 7.66. The zero-order chi connectivity index (χ0) is 19.9. The van der Waals surface area contributed by atoms with Crippen LogP contribution in [0.2, 0.25) is 0 Å². The van der Waals surface area contributed by atoms with Crippen molar-refractivity contribution in [1.82, 2.24) is 9.88 Å². The number of likely N-dealkylation sites (N-methyl/N-ethyl adjacent to an activating group) is 1. The van der Waals surface area contributed by atoms with Gasteiger partial charge in [0.1, 0.15) is 12.4 Å². The molecule has 0 aliphatic heterocycles. The average molecular weight is 370 g/mol. The number of aromatic nitrogens is 1. The Labute approximate surface area is 162 Å². The Kier molecular flexibility index (Phi) is 7.36. The van der Waals surface area contributed by atoms with Crippen molar-refractivity contribution in [3.05, 3.63) is 59.9 Å². The highest BCUT2D eigenvalue weighted by Gasteiger charge is 2.32. The number of benzene rings is 1. The van der Waals surface area contributed by atoms with E-state index in [1.807, 2.05) is 54.4 Å². The number of nitrogens with zero attached hydrogens (tertiary/aromatic N) is 2. The number of carbonyl (C=O) groups excluding carboxylic acids is 1. The molecule has 1 aromatic heterocycles. The summed E-state index contributed by atoms with van der Waals surface area (Å²) in [6.45, 7) is 7.31. The van der Waals surface area contributed by atoms with Crippen LogP contribution < -0.4 is 4.74 Å². The van der Waals surface area contributed by atoms with Crippen LogP contribution in [0.5, 0.6) is 5.75 Å². The van der Waals surface area contributed by atoms with Crippen LogP contribution in [0.25, 0.3) is 0 Å². The van der Waals surface area contributed by atoms with Crippen LogP contribution in [-0.2, 0) is 11.2 Å². The average Bonchev–Trinajstić information content (AvgIpc) is 2.65. The lowest BCUT2D eigenvalue weighted by molar-refractivity contribution is 0.0589. The quantitative estimate of drug-likeness (QED) is 0.663. The van der Waals surface area contributed by atoms with Crippen molar-refractivity contribution >= 4 is 5.91 Å². The van der Waals surface area contributed by atoms with E-state index in [9.17, 15) is 4.79 Å². The Balaban J connectivity index is 2.24. The molecule has 0 fully saturated rings. The van der Waals surface area contributed by atoms with E-state index < -0.39 is 0 Å². The first-order chi connectivity index (χ1) is 12.8. The number of pyridine rings is 1. The Morgan fingerprint density at radius 2 is 1.81 bits per heavy atom. The molecule has 0 saturated carbocycles. The summed E-state index contributed by atoms with van der Waals surface area (Å²) in [6.07, 6.45) is 2.48. The van der Waals surface area contributed by atoms with Gasteiger partial charge in [0.2, 0.25) is 0 Å². The van der Waals surface area contributed by atoms with Crippen LogP contribution in [0.3, 0.4) is 0 Å². The minimum absolute atomic E-state index is 0.00747. The summed E-state index contributed by atoms with van der Waals surface area (Å²) < 4.78 is 10.8. The molecule has 2 rings (SSSR count). The lowest BCUT2D eigenvalue weighted by Crippen LogP contribution is -2.46. The van der Waals surface area contributed by atoms with Gasteiger partial charge in [-0.1, -0.05) is 39.0 Å². The highest BCUT2D eigenvalue weighted by molar-refractivity contribution is 5.97. The summed E-state index contributed by atoms with van der Waals surface area (Å²) >= 11 is 0. The first-order valence-electron chi connectivity index (χ1n) is 9.22. The van der Waals surface area contributed by atoms with Gasteiger partial charge in [0, 0.05) is 38.5 Å². The zero-order valence-electron chi connectivity index (χ0n) is 16.9. The number of methoxy groups -OCH3 is 1. The first kappa shape index (κ1) is 20.9.